The van der Waals surface area contributed by atoms with Gasteiger partial charge in [-0.15, -0.1) is 0 Å². The van der Waals surface area contributed by atoms with Gasteiger partial charge in [-0.1, -0.05) is 53.2 Å². The molecule has 0 spiro atoms. The average molecular weight is 546 g/mol. The van der Waals surface area contributed by atoms with Crippen LogP contribution in [0.5, 0.6) is 0 Å². The van der Waals surface area contributed by atoms with Crippen molar-refractivity contribution in [3.63, 3.8) is 0 Å². The molecule has 0 bridgehead atoms. The van der Waals surface area contributed by atoms with Crippen molar-refractivity contribution < 1.29 is 33.8 Å². The second kappa shape index (κ2) is 12.8. The minimum absolute atomic E-state index is 0.0228. The monoisotopic (exact) mass is 545 g/mol. The number of rotatable bonds is 13. The van der Waals surface area contributed by atoms with Gasteiger partial charge >= 0.3 is 5.97 Å². The summed E-state index contributed by atoms with van der Waals surface area (Å²) in [5.74, 6) is -1.29. The quantitative estimate of drug-likeness (QED) is 0.0610. The van der Waals surface area contributed by atoms with E-state index in [1.54, 1.807) is 20.8 Å². The summed E-state index contributed by atoms with van der Waals surface area (Å²) in [5.41, 5.74) is -1.52. The fourth-order valence-corrected chi connectivity index (χ4v) is 6.53. The second-order valence-electron chi connectivity index (χ2n) is 12.6. The van der Waals surface area contributed by atoms with E-state index in [0.29, 0.717) is 24.9 Å². The van der Waals surface area contributed by atoms with E-state index in [4.69, 9.17) is 9.47 Å². The normalized spacial score (nSPS) is 28.6. The maximum atomic E-state index is 13.6. The van der Waals surface area contributed by atoms with Crippen molar-refractivity contribution in [3.05, 3.63) is 23.5 Å². The smallest absolute Gasteiger partial charge is 0.306 e. The standard InChI is InChI=1S/C31H47NO7/c1-7-9-12-25-32-29(37)27(28(36)31(32,19-39-25)24(34)8-2)23(33)17-30(5,6)18-26(35)38-13-10-11-22-15-20(3)14-21(4)16-22/h21-22,25,33H,3,7-19H2,1-2,4-6H3/b27-23-/t21?,22?,25-,31+/m1/s1. The molecule has 8 nitrogen and oxygen atoms in total. The highest BCUT2D eigenvalue weighted by molar-refractivity contribution is 6.36. The zero-order valence-corrected chi connectivity index (χ0v) is 24.5. The average Bonchev–Trinajstić information content (AvgIpc) is 3.33. The van der Waals surface area contributed by atoms with Gasteiger partial charge in [0.1, 0.15) is 17.6 Å². The highest BCUT2D eigenvalue weighted by Crippen LogP contribution is 2.43. The number of fused-ring (bicyclic) bond motifs is 1. The van der Waals surface area contributed by atoms with Crippen molar-refractivity contribution in [3.8, 4) is 0 Å². The minimum atomic E-state index is -1.71. The van der Waals surface area contributed by atoms with Crippen LogP contribution in [0.25, 0.3) is 0 Å². The number of amides is 1. The second-order valence-corrected chi connectivity index (χ2v) is 12.6. The van der Waals surface area contributed by atoms with Crippen LogP contribution in [0.15, 0.2) is 23.5 Å². The first-order valence-corrected chi connectivity index (χ1v) is 14.6. The summed E-state index contributed by atoms with van der Waals surface area (Å²) in [6.07, 6.45) is 6.61. The third-order valence-corrected chi connectivity index (χ3v) is 8.33. The van der Waals surface area contributed by atoms with Gasteiger partial charge in [0.2, 0.25) is 5.78 Å². The molecule has 8 heteroatoms. The maximum absolute atomic E-state index is 13.6. The topological polar surface area (TPSA) is 110 Å². The van der Waals surface area contributed by atoms with E-state index >= 15 is 0 Å². The SMILES string of the molecule is C=C1CC(C)CC(CCCOC(=O)CC(C)(C)C/C(O)=C2/C(=O)N3[C@@H](CCCC)OC[C@]3(C(=O)CC)C2=O)C1. The predicted molar refractivity (Wildman–Crippen MR) is 148 cm³/mol. The van der Waals surface area contributed by atoms with Gasteiger partial charge in [-0.05, 0) is 62.2 Å². The first-order valence-electron chi connectivity index (χ1n) is 14.6. The molecule has 1 amide bonds. The largest absolute Gasteiger partial charge is 0.511 e. The lowest BCUT2D eigenvalue weighted by molar-refractivity contribution is -0.146. The van der Waals surface area contributed by atoms with Gasteiger partial charge < -0.3 is 14.6 Å². The Labute approximate surface area is 233 Å². The Kier molecular flexibility index (Phi) is 10.2. The molecule has 0 aromatic rings. The van der Waals surface area contributed by atoms with Crippen LogP contribution in [0, 0.1) is 17.3 Å². The van der Waals surface area contributed by atoms with Gasteiger partial charge in [0.25, 0.3) is 5.91 Å². The Morgan fingerprint density at radius 2 is 1.87 bits per heavy atom. The van der Waals surface area contributed by atoms with Gasteiger partial charge in [0.15, 0.2) is 11.3 Å². The van der Waals surface area contributed by atoms with E-state index in [1.165, 1.54) is 16.9 Å². The molecule has 0 aromatic carbocycles. The highest BCUT2D eigenvalue weighted by atomic mass is 16.5. The number of Topliss-reactive ketones (excluding diaryl/α,β-unsaturated/α-hetero) is 2. The molecule has 218 valence electrons. The van der Waals surface area contributed by atoms with Gasteiger partial charge in [0, 0.05) is 12.8 Å². The maximum Gasteiger partial charge on any atom is 0.306 e. The number of ether oxygens (including phenoxy) is 2. The molecule has 4 atom stereocenters. The first kappa shape index (κ1) is 31.1. The summed E-state index contributed by atoms with van der Waals surface area (Å²) in [5, 5.41) is 11.0. The third-order valence-electron chi connectivity index (χ3n) is 8.33. The Bertz CT molecular complexity index is 1010. The lowest BCUT2D eigenvalue weighted by atomic mass is 9.78. The van der Waals surface area contributed by atoms with Gasteiger partial charge in [0.05, 0.1) is 19.6 Å². The predicted octanol–water partition coefficient (Wildman–Crippen LogP) is 5.60. The number of unbranched alkanes of at least 4 members (excludes halogenated alkanes) is 1. The van der Waals surface area contributed by atoms with Crippen LogP contribution >= 0.6 is 0 Å². The molecule has 3 aliphatic rings. The van der Waals surface area contributed by atoms with Crippen LogP contribution < -0.4 is 0 Å². The van der Waals surface area contributed by atoms with Crippen LogP contribution in [-0.4, -0.2) is 58.4 Å². The lowest BCUT2D eigenvalue weighted by Crippen LogP contribution is -2.55. The number of carbonyl (C=O) groups is 4. The molecule has 39 heavy (non-hydrogen) atoms. The fraction of sp³-hybridized carbons (Fsp3) is 0.742. The molecule has 2 saturated heterocycles. The Morgan fingerprint density at radius 1 is 1.15 bits per heavy atom. The zero-order valence-electron chi connectivity index (χ0n) is 24.5. The number of aliphatic hydroxyl groups excluding tert-OH is 1. The molecule has 1 aliphatic carbocycles. The molecule has 3 fully saturated rings. The van der Waals surface area contributed by atoms with Crippen molar-refractivity contribution in [1.82, 2.24) is 4.90 Å². The van der Waals surface area contributed by atoms with E-state index in [1.807, 2.05) is 6.92 Å². The van der Waals surface area contributed by atoms with E-state index in [9.17, 15) is 24.3 Å². The molecule has 1 N–H and O–H groups in total. The van der Waals surface area contributed by atoms with Crippen molar-refractivity contribution in [1.29, 1.82) is 0 Å². The van der Waals surface area contributed by atoms with Crippen molar-refractivity contribution in [2.45, 2.75) is 117 Å². The van der Waals surface area contributed by atoms with Crippen LogP contribution in [-0.2, 0) is 28.7 Å². The number of carbonyl (C=O) groups excluding carboxylic acids is 4. The first-order chi connectivity index (χ1) is 18.4. The molecule has 3 rings (SSSR count). The van der Waals surface area contributed by atoms with Crippen molar-refractivity contribution >= 4 is 23.4 Å². The van der Waals surface area contributed by atoms with Crippen LogP contribution in [0.4, 0.5) is 0 Å². The molecule has 2 heterocycles. The van der Waals surface area contributed by atoms with Gasteiger partial charge in [-0.25, -0.2) is 0 Å². The van der Waals surface area contributed by atoms with Gasteiger partial charge in [-0.3, -0.25) is 24.1 Å². The van der Waals surface area contributed by atoms with E-state index < -0.39 is 34.7 Å². The van der Waals surface area contributed by atoms with Crippen LogP contribution in [0.2, 0.25) is 0 Å². The summed E-state index contributed by atoms with van der Waals surface area (Å²) in [4.78, 5) is 53.8. The number of ketones is 2. The summed E-state index contributed by atoms with van der Waals surface area (Å²) in [6, 6.07) is 0. The minimum Gasteiger partial charge on any atom is -0.511 e. The number of esters is 1. The summed E-state index contributed by atoms with van der Waals surface area (Å²) in [7, 11) is 0. The molecule has 1 saturated carbocycles. The van der Waals surface area contributed by atoms with E-state index in [0.717, 1.165) is 38.5 Å². The van der Waals surface area contributed by atoms with Gasteiger partial charge in [-0.2, -0.15) is 0 Å². The van der Waals surface area contributed by atoms with Crippen LogP contribution in [0.1, 0.15) is 105 Å². The number of aliphatic hydroxyl groups is 1. The molecule has 0 radical (unpaired) electrons. The van der Waals surface area contributed by atoms with Crippen LogP contribution in [0.3, 0.4) is 0 Å². The molecular weight excluding hydrogens is 498 g/mol. The van der Waals surface area contributed by atoms with Crippen molar-refractivity contribution in [2.24, 2.45) is 17.3 Å². The summed E-state index contributed by atoms with van der Waals surface area (Å²) >= 11 is 0. The summed E-state index contributed by atoms with van der Waals surface area (Å²) in [6.45, 7) is 13.8. The van der Waals surface area contributed by atoms with E-state index in [2.05, 4.69) is 13.5 Å². The van der Waals surface area contributed by atoms with Crippen molar-refractivity contribution in [2.75, 3.05) is 13.2 Å². The molecule has 2 unspecified atom stereocenters. The highest BCUT2D eigenvalue weighted by Gasteiger charge is 2.66. The van der Waals surface area contributed by atoms with E-state index in [-0.39, 0.29) is 43.2 Å². The molecule has 2 aliphatic heterocycles. The number of hydrogen-bond acceptors (Lipinski definition) is 7. The fourth-order valence-electron chi connectivity index (χ4n) is 6.53. The molecule has 0 aromatic heterocycles. The lowest BCUT2D eigenvalue weighted by Gasteiger charge is -2.29. The zero-order chi connectivity index (χ0) is 29.0. The number of nitrogens with zero attached hydrogens (tertiary/aromatic N) is 1. The summed E-state index contributed by atoms with van der Waals surface area (Å²) < 4.78 is 11.2. The third kappa shape index (κ3) is 6.82. The number of hydrogen-bond donors (Lipinski definition) is 1. The Hall–Kier alpha value is -2.48. The number of allylic oxidation sites excluding steroid dienone is 2. The Morgan fingerprint density at radius 3 is 2.51 bits per heavy atom. The molecular formula is C31H47NO7. The Balaban J connectivity index is 1.62.